The zero-order valence-corrected chi connectivity index (χ0v) is 16.5. The SMILES string of the molecule is C=CCn1c(SC(C#N)Cc2ccc(C)cc2)nnc1-c1ccc(Cl)cc1. The number of nitriles is 1. The van der Waals surface area contributed by atoms with E-state index in [9.17, 15) is 5.26 Å². The first-order valence-electron chi connectivity index (χ1n) is 8.52. The van der Waals surface area contributed by atoms with Gasteiger partial charge in [-0.3, -0.25) is 4.57 Å². The van der Waals surface area contributed by atoms with Gasteiger partial charge in [-0.05, 0) is 43.2 Å². The van der Waals surface area contributed by atoms with Crippen LogP contribution in [0.2, 0.25) is 5.02 Å². The van der Waals surface area contributed by atoms with Gasteiger partial charge in [0.2, 0.25) is 0 Å². The normalized spacial score (nSPS) is 11.7. The van der Waals surface area contributed by atoms with Crippen molar-refractivity contribution in [1.29, 1.82) is 5.26 Å². The van der Waals surface area contributed by atoms with Crippen LogP contribution >= 0.6 is 23.4 Å². The van der Waals surface area contributed by atoms with E-state index in [2.05, 4.69) is 54.0 Å². The van der Waals surface area contributed by atoms with Crippen LogP contribution in [0.5, 0.6) is 0 Å². The molecule has 0 radical (unpaired) electrons. The largest absolute Gasteiger partial charge is 0.298 e. The summed E-state index contributed by atoms with van der Waals surface area (Å²) in [6.07, 6.45) is 2.45. The average molecular weight is 395 g/mol. The Bertz CT molecular complexity index is 955. The van der Waals surface area contributed by atoms with Gasteiger partial charge in [-0.2, -0.15) is 5.26 Å². The molecule has 0 N–H and O–H groups in total. The number of nitrogens with zero attached hydrogens (tertiary/aromatic N) is 4. The molecule has 0 aliphatic carbocycles. The number of thioether (sulfide) groups is 1. The van der Waals surface area contributed by atoms with E-state index in [1.807, 2.05) is 28.8 Å². The van der Waals surface area contributed by atoms with Crippen molar-refractivity contribution in [3.63, 3.8) is 0 Å². The Hall–Kier alpha value is -2.55. The fourth-order valence-corrected chi connectivity index (χ4v) is 3.75. The van der Waals surface area contributed by atoms with Crippen molar-refractivity contribution in [2.45, 2.75) is 30.3 Å². The molecule has 3 rings (SSSR count). The van der Waals surface area contributed by atoms with Gasteiger partial charge in [-0.15, -0.1) is 16.8 Å². The summed E-state index contributed by atoms with van der Waals surface area (Å²) in [6.45, 7) is 6.45. The van der Waals surface area contributed by atoms with E-state index in [-0.39, 0.29) is 5.25 Å². The second kappa shape index (κ2) is 8.90. The number of hydrogen-bond donors (Lipinski definition) is 0. The first-order chi connectivity index (χ1) is 13.1. The van der Waals surface area contributed by atoms with Crippen LogP contribution in [0.4, 0.5) is 0 Å². The molecule has 1 atom stereocenters. The van der Waals surface area contributed by atoms with Gasteiger partial charge >= 0.3 is 0 Å². The quantitative estimate of drug-likeness (QED) is 0.402. The highest BCUT2D eigenvalue weighted by Gasteiger charge is 2.18. The number of allylic oxidation sites excluding steroid dienone is 1. The fraction of sp³-hybridized carbons (Fsp3) is 0.190. The Morgan fingerprint density at radius 2 is 1.89 bits per heavy atom. The van der Waals surface area contributed by atoms with E-state index in [0.717, 1.165) is 17.0 Å². The van der Waals surface area contributed by atoms with Crippen LogP contribution < -0.4 is 0 Å². The highest BCUT2D eigenvalue weighted by molar-refractivity contribution is 8.00. The van der Waals surface area contributed by atoms with Crippen molar-refractivity contribution in [2.24, 2.45) is 0 Å². The van der Waals surface area contributed by atoms with E-state index in [1.54, 1.807) is 6.08 Å². The summed E-state index contributed by atoms with van der Waals surface area (Å²) in [6, 6.07) is 18.1. The van der Waals surface area contributed by atoms with Gasteiger partial charge in [0.25, 0.3) is 0 Å². The van der Waals surface area contributed by atoms with Gasteiger partial charge in [-0.25, -0.2) is 0 Å². The van der Waals surface area contributed by atoms with Crippen LogP contribution in [0.3, 0.4) is 0 Å². The summed E-state index contributed by atoms with van der Waals surface area (Å²) in [5.74, 6) is 0.737. The monoisotopic (exact) mass is 394 g/mol. The predicted octanol–water partition coefficient (Wildman–Crippen LogP) is 5.32. The lowest BCUT2D eigenvalue weighted by Crippen LogP contribution is -2.07. The summed E-state index contributed by atoms with van der Waals surface area (Å²) in [7, 11) is 0. The first-order valence-corrected chi connectivity index (χ1v) is 9.78. The third-order valence-corrected chi connectivity index (χ3v) is 5.39. The number of aryl methyl sites for hydroxylation is 1. The van der Waals surface area contributed by atoms with Gasteiger partial charge < -0.3 is 0 Å². The lowest BCUT2D eigenvalue weighted by atomic mass is 10.1. The molecular formula is C21H19ClN4S. The molecule has 4 nitrogen and oxygen atoms in total. The van der Waals surface area contributed by atoms with Crippen molar-refractivity contribution in [3.8, 4) is 17.5 Å². The van der Waals surface area contributed by atoms with Crippen molar-refractivity contribution in [1.82, 2.24) is 14.8 Å². The Balaban J connectivity index is 1.84. The molecule has 0 saturated heterocycles. The zero-order valence-electron chi connectivity index (χ0n) is 15.0. The molecule has 0 aliphatic heterocycles. The molecule has 3 aromatic rings. The van der Waals surface area contributed by atoms with E-state index in [4.69, 9.17) is 11.6 Å². The fourth-order valence-electron chi connectivity index (χ4n) is 2.66. The van der Waals surface area contributed by atoms with Gasteiger partial charge in [-0.1, -0.05) is 59.3 Å². The molecule has 0 bridgehead atoms. The topological polar surface area (TPSA) is 54.5 Å². The Morgan fingerprint density at radius 3 is 2.52 bits per heavy atom. The highest BCUT2D eigenvalue weighted by Crippen LogP contribution is 2.29. The molecule has 27 heavy (non-hydrogen) atoms. The molecule has 136 valence electrons. The maximum atomic E-state index is 9.62. The summed E-state index contributed by atoms with van der Waals surface area (Å²) in [4.78, 5) is 0. The van der Waals surface area contributed by atoms with Crippen molar-refractivity contribution in [3.05, 3.63) is 77.3 Å². The van der Waals surface area contributed by atoms with Gasteiger partial charge in [0.15, 0.2) is 11.0 Å². The Labute approximate surface area is 168 Å². The van der Waals surface area contributed by atoms with Gasteiger partial charge in [0.05, 0.1) is 6.07 Å². The zero-order chi connectivity index (χ0) is 19.2. The van der Waals surface area contributed by atoms with Crippen LogP contribution in [0.15, 0.2) is 66.3 Å². The Morgan fingerprint density at radius 1 is 1.19 bits per heavy atom. The summed E-state index contributed by atoms with van der Waals surface area (Å²) in [5, 5.41) is 19.4. The third-order valence-electron chi connectivity index (χ3n) is 4.06. The molecule has 0 fully saturated rings. The smallest absolute Gasteiger partial charge is 0.193 e. The Kier molecular flexibility index (Phi) is 6.33. The number of halogens is 1. The number of aromatic nitrogens is 3. The molecule has 0 spiro atoms. The first kappa shape index (κ1) is 19.2. The number of rotatable bonds is 7. The highest BCUT2D eigenvalue weighted by atomic mass is 35.5. The summed E-state index contributed by atoms with van der Waals surface area (Å²) >= 11 is 7.41. The molecule has 1 unspecified atom stereocenters. The molecule has 1 aromatic heterocycles. The predicted molar refractivity (Wildman–Crippen MR) is 111 cm³/mol. The minimum atomic E-state index is -0.251. The second-order valence-electron chi connectivity index (χ2n) is 6.14. The molecule has 6 heteroatoms. The van der Waals surface area contributed by atoms with Crippen LogP contribution in [0.1, 0.15) is 11.1 Å². The average Bonchev–Trinajstić information content (AvgIpc) is 3.06. The maximum Gasteiger partial charge on any atom is 0.193 e. The standard InChI is InChI=1S/C21H19ClN4S/c1-3-12-26-20(17-8-10-18(22)11-9-17)24-25-21(26)27-19(14-23)13-16-6-4-15(2)5-7-16/h3-11,19H,1,12-13H2,2H3. The molecule has 0 amide bonds. The van der Waals surface area contributed by atoms with Gasteiger partial charge in [0, 0.05) is 17.1 Å². The van der Waals surface area contributed by atoms with E-state index >= 15 is 0 Å². The van der Waals surface area contributed by atoms with Crippen molar-refractivity contribution >= 4 is 23.4 Å². The van der Waals surface area contributed by atoms with Crippen molar-refractivity contribution in [2.75, 3.05) is 0 Å². The van der Waals surface area contributed by atoms with E-state index in [1.165, 1.54) is 17.3 Å². The molecule has 0 saturated carbocycles. The third kappa shape index (κ3) is 4.79. The minimum absolute atomic E-state index is 0.251. The molecule has 1 heterocycles. The maximum absolute atomic E-state index is 9.62. The molecule has 0 aliphatic rings. The lowest BCUT2D eigenvalue weighted by molar-refractivity contribution is 0.729. The lowest BCUT2D eigenvalue weighted by Gasteiger charge is -2.11. The van der Waals surface area contributed by atoms with Crippen LogP contribution in [-0.2, 0) is 13.0 Å². The van der Waals surface area contributed by atoms with E-state index in [0.29, 0.717) is 23.1 Å². The summed E-state index contributed by atoms with van der Waals surface area (Å²) in [5.41, 5.74) is 3.26. The second-order valence-corrected chi connectivity index (χ2v) is 7.74. The van der Waals surface area contributed by atoms with Crippen molar-refractivity contribution < 1.29 is 0 Å². The molecular weight excluding hydrogens is 376 g/mol. The summed E-state index contributed by atoms with van der Waals surface area (Å²) < 4.78 is 1.97. The number of hydrogen-bond acceptors (Lipinski definition) is 4. The van der Waals surface area contributed by atoms with E-state index < -0.39 is 0 Å². The van der Waals surface area contributed by atoms with Gasteiger partial charge in [0.1, 0.15) is 5.25 Å². The number of benzene rings is 2. The minimum Gasteiger partial charge on any atom is -0.298 e. The van der Waals surface area contributed by atoms with Crippen LogP contribution in [-0.4, -0.2) is 20.0 Å². The molecule has 2 aromatic carbocycles. The van der Waals surface area contributed by atoms with Crippen LogP contribution in [0, 0.1) is 18.3 Å². The van der Waals surface area contributed by atoms with Crippen LogP contribution in [0.25, 0.3) is 11.4 Å².